The van der Waals surface area contributed by atoms with E-state index < -0.39 is 26.4 Å². The van der Waals surface area contributed by atoms with Crippen LogP contribution < -0.4 is 4.90 Å². The highest BCUT2D eigenvalue weighted by Crippen LogP contribution is 2.23. The number of amides is 1. The number of carbonyl (C=O) groups is 1. The first-order valence-electron chi connectivity index (χ1n) is 9.23. The average molecular weight is 428 g/mol. The van der Waals surface area contributed by atoms with Crippen molar-refractivity contribution in [2.45, 2.75) is 11.3 Å². The zero-order valence-electron chi connectivity index (χ0n) is 16.3. The summed E-state index contributed by atoms with van der Waals surface area (Å²) in [5.74, 6) is -0.440. The Balaban J connectivity index is 1.81. The number of nitro benzene ring substituents is 1. The smallest absolute Gasteiger partial charge is 0.271 e. The molecule has 2 aromatic carbocycles. The van der Waals surface area contributed by atoms with E-state index >= 15 is 0 Å². The van der Waals surface area contributed by atoms with Crippen molar-refractivity contribution in [3.05, 3.63) is 63.7 Å². The quantitative estimate of drug-likeness (QED) is 0.540. The molecule has 1 saturated heterocycles. The summed E-state index contributed by atoms with van der Waals surface area (Å²) in [4.78, 5) is 26.9. The Kier molecular flexibility index (Phi) is 6.03. The fourth-order valence-electron chi connectivity index (χ4n) is 3.33. The van der Waals surface area contributed by atoms with Gasteiger partial charge in [-0.2, -0.15) is 5.26 Å². The van der Waals surface area contributed by atoms with Crippen LogP contribution in [0.15, 0.2) is 47.4 Å². The van der Waals surface area contributed by atoms with Gasteiger partial charge in [-0.05, 0) is 36.8 Å². The Morgan fingerprint density at radius 3 is 2.40 bits per heavy atom. The van der Waals surface area contributed by atoms with Crippen LogP contribution in [0.3, 0.4) is 0 Å². The molecule has 0 aliphatic carbocycles. The predicted molar refractivity (Wildman–Crippen MR) is 110 cm³/mol. The molecule has 0 radical (unpaired) electrons. The summed E-state index contributed by atoms with van der Waals surface area (Å²) < 4.78 is 23.8. The second-order valence-electron chi connectivity index (χ2n) is 7.04. The summed E-state index contributed by atoms with van der Waals surface area (Å²) >= 11 is 0. The molecule has 156 valence electrons. The van der Waals surface area contributed by atoms with E-state index in [0.29, 0.717) is 38.2 Å². The minimum Gasteiger partial charge on any atom is -0.370 e. The van der Waals surface area contributed by atoms with Gasteiger partial charge in [0.15, 0.2) is 9.84 Å². The fraction of sp³-hybridized carbons (Fsp3) is 0.300. The first-order chi connectivity index (χ1) is 14.2. The second-order valence-corrected chi connectivity index (χ2v) is 9.05. The molecule has 10 heteroatoms. The first-order valence-corrected chi connectivity index (χ1v) is 11.1. The van der Waals surface area contributed by atoms with Crippen LogP contribution in [-0.4, -0.2) is 56.6 Å². The molecule has 1 aliphatic rings. The number of hydrogen-bond acceptors (Lipinski definition) is 7. The molecule has 0 spiro atoms. The monoisotopic (exact) mass is 428 g/mol. The van der Waals surface area contributed by atoms with E-state index in [9.17, 15) is 23.3 Å². The van der Waals surface area contributed by atoms with Crippen LogP contribution >= 0.6 is 0 Å². The molecular formula is C20H20N4O5S. The van der Waals surface area contributed by atoms with Crippen molar-refractivity contribution in [3.8, 4) is 6.07 Å². The topological polar surface area (TPSA) is 125 Å². The lowest BCUT2D eigenvalue weighted by molar-refractivity contribution is -0.385. The van der Waals surface area contributed by atoms with Gasteiger partial charge in [0.25, 0.3) is 11.6 Å². The highest BCUT2D eigenvalue weighted by molar-refractivity contribution is 7.90. The minimum atomic E-state index is -3.71. The van der Waals surface area contributed by atoms with Crippen molar-refractivity contribution in [1.29, 1.82) is 5.26 Å². The molecular weight excluding hydrogens is 408 g/mol. The number of sulfone groups is 1. The van der Waals surface area contributed by atoms with Crippen LogP contribution in [-0.2, 0) is 9.84 Å². The highest BCUT2D eigenvalue weighted by atomic mass is 32.2. The van der Waals surface area contributed by atoms with Gasteiger partial charge in [-0.3, -0.25) is 14.9 Å². The molecule has 9 nitrogen and oxygen atoms in total. The van der Waals surface area contributed by atoms with Crippen molar-refractivity contribution in [2.24, 2.45) is 0 Å². The number of rotatable bonds is 4. The molecule has 2 aromatic rings. The number of anilines is 1. The van der Waals surface area contributed by atoms with Crippen molar-refractivity contribution in [2.75, 3.05) is 37.3 Å². The maximum absolute atomic E-state index is 13.0. The van der Waals surface area contributed by atoms with E-state index in [1.165, 1.54) is 6.07 Å². The van der Waals surface area contributed by atoms with Gasteiger partial charge in [0.1, 0.15) is 0 Å². The maximum atomic E-state index is 13.0. The van der Waals surface area contributed by atoms with Gasteiger partial charge in [-0.25, -0.2) is 8.42 Å². The Morgan fingerprint density at radius 2 is 1.80 bits per heavy atom. The minimum absolute atomic E-state index is 0.0172. The standard InChI is InChI=1S/C20H20N4O5S/c1-30(28,29)19-12-16(11-18(13-19)24(26)27)20(25)23-8-2-7-22(9-10-23)17-5-3-15(14-21)4-6-17/h3-6,11-13H,2,7-10H2,1H3. The van der Waals surface area contributed by atoms with E-state index in [-0.39, 0.29) is 10.5 Å². The second kappa shape index (κ2) is 8.51. The number of benzene rings is 2. The normalized spacial score (nSPS) is 14.7. The summed E-state index contributed by atoms with van der Waals surface area (Å²) in [6.07, 6.45) is 1.63. The Morgan fingerprint density at radius 1 is 1.10 bits per heavy atom. The molecule has 0 atom stereocenters. The van der Waals surface area contributed by atoms with E-state index in [0.717, 1.165) is 24.1 Å². The molecule has 1 amide bonds. The third-order valence-electron chi connectivity index (χ3n) is 4.92. The summed E-state index contributed by atoms with van der Waals surface area (Å²) in [5.41, 5.74) is 1.06. The van der Waals surface area contributed by atoms with E-state index in [1.54, 1.807) is 17.0 Å². The lowest BCUT2D eigenvalue weighted by atomic mass is 10.1. The zero-order chi connectivity index (χ0) is 21.9. The van der Waals surface area contributed by atoms with Gasteiger partial charge in [-0.15, -0.1) is 0 Å². The molecule has 0 unspecified atom stereocenters. The van der Waals surface area contributed by atoms with Crippen molar-refractivity contribution in [3.63, 3.8) is 0 Å². The Labute approximate surface area is 174 Å². The van der Waals surface area contributed by atoms with Gasteiger partial charge in [0.05, 0.1) is 21.5 Å². The number of non-ortho nitro benzene ring substituents is 1. The van der Waals surface area contributed by atoms with Gasteiger partial charge in [0, 0.05) is 55.8 Å². The van der Waals surface area contributed by atoms with Crippen molar-refractivity contribution >= 4 is 27.1 Å². The number of nitriles is 1. The van der Waals surface area contributed by atoms with Crippen LogP contribution in [0.1, 0.15) is 22.3 Å². The highest BCUT2D eigenvalue weighted by Gasteiger charge is 2.24. The molecule has 1 aliphatic heterocycles. The third kappa shape index (κ3) is 4.75. The Hall–Kier alpha value is -3.45. The van der Waals surface area contributed by atoms with E-state index in [2.05, 4.69) is 11.0 Å². The van der Waals surface area contributed by atoms with Crippen LogP contribution in [0.4, 0.5) is 11.4 Å². The average Bonchev–Trinajstić information content (AvgIpc) is 2.98. The van der Waals surface area contributed by atoms with Gasteiger partial charge < -0.3 is 9.80 Å². The van der Waals surface area contributed by atoms with Crippen molar-refractivity contribution in [1.82, 2.24) is 4.90 Å². The maximum Gasteiger partial charge on any atom is 0.271 e. The lowest BCUT2D eigenvalue weighted by Gasteiger charge is -2.24. The molecule has 30 heavy (non-hydrogen) atoms. The van der Waals surface area contributed by atoms with E-state index in [4.69, 9.17) is 5.26 Å². The Bertz CT molecular complexity index is 1120. The van der Waals surface area contributed by atoms with Crippen LogP contribution in [0, 0.1) is 21.4 Å². The SMILES string of the molecule is CS(=O)(=O)c1cc(C(=O)N2CCCN(c3ccc(C#N)cc3)CC2)cc([N+](=O)[O-])c1. The van der Waals surface area contributed by atoms with Gasteiger partial charge in [0.2, 0.25) is 0 Å². The summed E-state index contributed by atoms with van der Waals surface area (Å²) in [5, 5.41) is 20.1. The largest absolute Gasteiger partial charge is 0.370 e. The number of hydrogen-bond donors (Lipinski definition) is 0. The van der Waals surface area contributed by atoms with Gasteiger partial charge in [-0.1, -0.05) is 0 Å². The molecule has 0 saturated carbocycles. The first kappa shape index (κ1) is 21.3. The van der Waals surface area contributed by atoms with Crippen molar-refractivity contribution < 1.29 is 18.1 Å². The fourth-order valence-corrected chi connectivity index (χ4v) is 4.01. The van der Waals surface area contributed by atoms with Crippen LogP contribution in [0.2, 0.25) is 0 Å². The molecule has 0 N–H and O–H groups in total. The molecule has 1 heterocycles. The lowest BCUT2D eigenvalue weighted by Crippen LogP contribution is -2.35. The molecule has 0 bridgehead atoms. The molecule has 1 fully saturated rings. The van der Waals surface area contributed by atoms with E-state index in [1.807, 2.05) is 12.1 Å². The molecule has 0 aromatic heterocycles. The van der Waals surface area contributed by atoms with Gasteiger partial charge >= 0.3 is 0 Å². The van der Waals surface area contributed by atoms with Crippen LogP contribution in [0.5, 0.6) is 0 Å². The third-order valence-corrected chi connectivity index (χ3v) is 6.01. The number of nitro groups is 1. The number of nitrogens with zero attached hydrogens (tertiary/aromatic N) is 4. The zero-order valence-corrected chi connectivity index (χ0v) is 17.1. The predicted octanol–water partition coefficient (Wildman–Crippen LogP) is 2.22. The summed E-state index contributed by atoms with van der Waals surface area (Å²) in [6.45, 7) is 2.09. The summed E-state index contributed by atoms with van der Waals surface area (Å²) in [6, 6.07) is 12.5. The van der Waals surface area contributed by atoms with Crippen LogP contribution in [0.25, 0.3) is 0 Å². The molecule has 3 rings (SSSR count). The number of carbonyl (C=O) groups excluding carboxylic acids is 1. The summed E-state index contributed by atoms with van der Waals surface area (Å²) in [7, 11) is -3.71.